The van der Waals surface area contributed by atoms with Crippen LogP contribution in [0.1, 0.15) is 5.56 Å². The molecule has 3 aromatic rings. The van der Waals surface area contributed by atoms with E-state index in [0.29, 0.717) is 23.0 Å². The number of hydrogen-bond acceptors (Lipinski definition) is 5. The molecule has 1 N–H and O–H groups in total. The smallest absolute Gasteiger partial charge is 0.258 e. The number of fused-ring (bicyclic) bond motifs is 1. The fourth-order valence-electron chi connectivity index (χ4n) is 2.88. The average Bonchev–Trinajstić information content (AvgIpc) is 2.75. The van der Waals surface area contributed by atoms with Gasteiger partial charge >= 0.3 is 0 Å². The summed E-state index contributed by atoms with van der Waals surface area (Å²) in [5.41, 5.74) is 0.777. The van der Waals surface area contributed by atoms with Crippen molar-refractivity contribution >= 4 is 16.7 Å². The van der Waals surface area contributed by atoms with E-state index < -0.39 is 0 Å². The van der Waals surface area contributed by atoms with E-state index in [-0.39, 0.29) is 19.1 Å². The van der Waals surface area contributed by atoms with Gasteiger partial charge in [-0.05, 0) is 29.0 Å². The van der Waals surface area contributed by atoms with Gasteiger partial charge in [-0.1, -0.05) is 30.3 Å². The summed E-state index contributed by atoms with van der Waals surface area (Å²) in [6.07, 6.45) is 0. The Morgan fingerprint density at radius 3 is 2.21 bits per heavy atom. The molecule has 0 aliphatic carbocycles. The second-order valence-electron chi connectivity index (χ2n) is 6.09. The molecule has 0 fully saturated rings. The summed E-state index contributed by atoms with van der Waals surface area (Å²) in [4.78, 5) is 12.2. The molecule has 0 unspecified atom stereocenters. The van der Waals surface area contributed by atoms with Crippen LogP contribution in [0.2, 0.25) is 0 Å². The Morgan fingerprint density at radius 1 is 0.821 bits per heavy atom. The maximum absolute atomic E-state index is 12.2. The van der Waals surface area contributed by atoms with Gasteiger partial charge in [0.15, 0.2) is 18.1 Å². The summed E-state index contributed by atoms with van der Waals surface area (Å²) in [7, 11) is 4.68. The fraction of sp³-hybridized carbons (Fsp3) is 0.227. The summed E-state index contributed by atoms with van der Waals surface area (Å²) in [5, 5.41) is 5.02. The van der Waals surface area contributed by atoms with Crippen molar-refractivity contribution < 1.29 is 23.7 Å². The first-order valence-corrected chi connectivity index (χ1v) is 8.81. The lowest BCUT2D eigenvalue weighted by Crippen LogP contribution is -2.28. The SMILES string of the molecule is COc1cc(OC)c(OC)cc1CNC(=O)COc1ccc2ccccc2c1. The van der Waals surface area contributed by atoms with E-state index in [9.17, 15) is 4.79 Å². The molecule has 0 radical (unpaired) electrons. The van der Waals surface area contributed by atoms with Gasteiger partial charge in [0.2, 0.25) is 0 Å². The highest BCUT2D eigenvalue weighted by atomic mass is 16.5. The van der Waals surface area contributed by atoms with Crippen molar-refractivity contribution in [1.29, 1.82) is 0 Å². The van der Waals surface area contributed by atoms with E-state index >= 15 is 0 Å². The van der Waals surface area contributed by atoms with Crippen LogP contribution in [0, 0.1) is 0 Å². The van der Waals surface area contributed by atoms with Crippen molar-refractivity contribution in [2.45, 2.75) is 6.54 Å². The van der Waals surface area contributed by atoms with Crippen molar-refractivity contribution in [2.75, 3.05) is 27.9 Å². The lowest BCUT2D eigenvalue weighted by molar-refractivity contribution is -0.123. The number of carbonyl (C=O) groups excluding carboxylic acids is 1. The molecule has 0 saturated heterocycles. The lowest BCUT2D eigenvalue weighted by Gasteiger charge is -2.14. The molecule has 0 aromatic heterocycles. The third-order valence-electron chi connectivity index (χ3n) is 4.35. The number of nitrogens with one attached hydrogen (secondary N) is 1. The topological polar surface area (TPSA) is 66.0 Å². The quantitative estimate of drug-likeness (QED) is 0.646. The van der Waals surface area contributed by atoms with Crippen LogP contribution in [-0.4, -0.2) is 33.8 Å². The van der Waals surface area contributed by atoms with Gasteiger partial charge < -0.3 is 24.3 Å². The van der Waals surface area contributed by atoms with Gasteiger partial charge in [-0.25, -0.2) is 0 Å². The second-order valence-corrected chi connectivity index (χ2v) is 6.09. The lowest BCUT2D eigenvalue weighted by atomic mass is 10.1. The van der Waals surface area contributed by atoms with Gasteiger partial charge in [0.05, 0.1) is 21.3 Å². The largest absolute Gasteiger partial charge is 0.496 e. The van der Waals surface area contributed by atoms with Gasteiger partial charge in [0.25, 0.3) is 5.91 Å². The van der Waals surface area contributed by atoms with Crippen molar-refractivity contribution in [3.8, 4) is 23.0 Å². The Kier molecular flexibility index (Phi) is 6.22. The molecule has 0 aliphatic heterocycles. The molecule has 0 aliphatic rings. The number of carbonyl (C=O) groups is 1. The summed E-state index contributed by atoms with van der Waals surface area (Å²) >= 11 is 0. The Morgan fingerprint density at radius 2 is 1.50 bits per heavy atom. The highest BCUT2D eigenvalue weighted by molar-refractivity contribution is 5.84. The number of rotatable bonds is 8. The van der Waals surface area contributed by atoms with Crippen LogP contribution in [0.25, 0.3) is 10.8 Å². The molecule has 146 valence electrons. The summed E-state index contributed by atoms with van der Waals surface area (Å²) in [6, 6.07) is 17.2. The summed E-state index contributed by atoms with van der Waals surface area (Å²) < 4.78 is 21.6. The second kappa shape index (κ2) is 8.99. The molecule has 0 heterocycles. The monoisotopic (exact) mass is 381 g/mol. The fourth-order valence-corrected chi connectivity index (χ4v) is 2.88. The van der Waals surface area contributed by atoms with E-state index in [0.717, 1.165) is 16.3 Å². The maximum Gasteiger partial charge on any atom is 0.258 e. The molecule has 0 saturated carbocycles. The first kappa shape index (κ1) is 19.4. The normalized spacial score (nSPS) is 10.4. The third-order valence-corrected chi connectivity index (χ3v) is 4.35. The van der Waals surface area contributed by atoms with Crippen LogP contribution in [-0.2, 0) is 11.3 Å². The van der Waals surface area contributed by atoms with E-state index in [4.69, 9.17) is 18.9 Å². The maximum atomic E-state index is 12.2. The standard InChI is InChI=1S/C22H23NO5/c1-25-19-12-21(27-3)20(26-2)11-17(19)13-23-22(24)14-28-18-9-8-15-6-4-5-7-16(15)10-18/h4-12H,13-14H2,1-3H3,(H,23,24). The number of amides is 1. The highest BCUT2D eigenvalue weighted by Gasteiger charge is 2.13. The van der Waals surface area contributed by atoms with Gasteiger partial charge in [0, 0.05) is 18.2 Å². The van der Waals surface area contributed by atoms with Gasteiger partial charge in [-0.2, -0.15) is 0 Å². The van der Waals surface area contributed by atoms with Gasteiger partial charge in [-0.3, -0.25) is 4.79 Å². The van der Waals surface area contributed by atoms with Crippen molar-refractivity contribution in [2.24, 2.45) is 0 Å². The zero-order chi connectivity index (χ0) is 19.9. The van der Waals surface area contributed by atoms with Crippen LogP contribution in [0.5, 0.6) is 23.0 Å². The van der Waals surface area contributed by atoms with Gasteiger partial charge in [0.1, 0.15) is 11.5 Å². The predicted octanol–water partition coefficient (Wildman–Crippen LogP) is 3.56. The Labute approximate surface area is 164 Å². The molecular formula is C22H23NO5. The molecular weight excluding hydrogens is 358 g/mol. The van der Waals surface area contributed by atoms with Crippen molar-refractivity contribution in [3.05, 3.63) is 60.2 Å². The van der Waals surface area contributed by atoms with Crippen molar-refractivity contribution in [3.63, 3.8) is 0 Å². The highest BCUT2D eigenvalue weighted by Crippen LogP contribution is 2.34. The van der Waals surface area contributed by atoms with E-state index in [1.54, 1.807) is 33.5 Å². The minimum absolute atomic E-state index is 0.0755. The zero-order valence-electron chi connectivity index (χ0n) is 16.2. The molecule has 28 heavy (non-hydrogen) atoms. The summed E-state index contributed by atoms with van der Waals surface area (Å²) in [6.45, 7) is 0.206. The van der Waals surface area contributed by atoms with Crippen LogP contribution in [0.4, 0.5) is 0 Å². The number of methoxy groups -OCH3 is 3. The molecule has 6 nitrogen and oxygen atoms in total. The third kappa shape index (κ3) is 4.46. The average molecular weight is 381 g/mol. The number of hydrogen-bond donors (Lipinski definition) is 1. The van der Waals surface area contributed by atoms with Crippen molar-refractivity contribution in [1.82, 2.24) is 5.32 Å². The molecule has 6 heteroatoms. The van der Waals surface area contributed by atoms with Crippen LogP contribution in [0.15, 0.2) is 54.6 Å². The van der Waals surface area contributed by atoms with E-state index in [2.05, 4.69) is 5.32 Å². The van der Waals surface area contributed by atoms with Gasteiger partial charge in [-0.15, -0.1) is 0 Å². The minimum Gasteiger partial charge on any atom is -0.496 e. The molecule has 3 aromatic carbocycles. The minimum atomic E-state index is -0.231. The zero-order valence-corrected chi connectivity index (χ0v) is 16.2. The molecule has 0 atom stereocenters. The molecule has 0 spiro atoms. The van der Waals surface area contributed by atoms with Crippen LogP contribution >= 0.6 is 0 Å². The predicted molar refractivity (Wildman–Crippen MR) is 107 cm³/mol. The first-order chi connectivity index (χ1) is 13.6. The number of ether oxygens (including phenoxy) is 4. The van der Waals surface area contributed by atoms with Crippen LogP contribution < -0.4 is 24.3 Å². The Balaban J connectivity index is 1.60. The van der Waals surface area contributed by atoms with E-state index in [1.165, 1.54) is 0 Å². The Hall–Kier alpha value is -3.41. The number of benzene rings is 3. The molecule has 0 bridgehead atoms. The van der Waals surface area contributed by atoms with Crippen LogP contribution in [0.3, 0.4) is 0 Å². The Bertz CT molecular complexity index is 970. The first-order valence-electron chi connectivity index (χ1n) is 8.81. The molecule has 3 rings (SSSR count). The summed E-state index contributed by atoms with van der Waals surface area (Å²) in [5.74, 6) is 2.16. The molecule has 1 amide bonds. The van der Waals surface area contributed by atoms with E-state index in [1.807, 2.05) is 42.5 Å².